The minimum absolute atomic E-state index is 0.161. The van der Waals surface area contributed by atoms with Gasteiger partial charge in [0.1, 0.15) is 0 Å². The Hall–Kier alpha value is -1.12. The summed E-state index contributed by atoms with van der Waals surface area (Å²) < 4.78 is 4.57. The van der Waals surface area contributed by atoms with Crippen LogP contribution in [-0.2, 0) is 14.3 Å². The van der Waals surface area contributed by atoms with Crippen molar-refractivity contribution in [2.24, 2.45) is 11.8 Å². The molecule has 0 amide bonds. The van der Waals surface area contributed by atoms with Crippen LogP contribution < -0.4 is 0 Å². The highest BCUT2D eigenvalue weighted by molar-refractivity contribution is 5.94. The highest BCUT2D eigenvalue weighted by Gasteiger charge is 2.37. The van der Waals surface area contributed by atoms with Crippen LogP contribution in [0.2, 0.25) is 0 Å². The van der Waals surface area contributed by atoms with Gasteiger partial charge in [-0.3, -0.25) is 9.59 Å². The van der Waals surface area contributed by atoms with E-state index in [0.717, 1.165) is 19.3 Å². The molecule has 0 saturated carbocycles. The number of hydrogen-bond acceptors (Lipinski definition) is 3. The predicted molar refractivity (Wildman–Crippen MR) is 57.0 cm³/mol. The third-order valence-corrected chi connectivity index (χ3v) is 2.66. The maximum atomic E-state index is 11.4. The maximum absolute atomic E-state index is 11.4. The first-order valence-corrected chi connectivity index (χ1v) is 5.60. The molecule has 0 radical (unpaired) electrons. The third-order valence-electron chi connectivity index (χ3n) is 2.66. The van der Waals surface area contributed by atoms with Crippen LogP contribution in [0.5, 0.6) is 0 Å². The molecular weight excluding hydrogens is 192 g/mol. The highest BCUT2D eigenvalue weighted by atomic mass is 16.6. The second-order valence-corrected chi connectivity index (χ2v) is 3.89. The summed E-state index contributed by atoms with van der Waals surface area (Å²) in [7, 11) is 0. The smallest absolute Gasteiger partial charge is 0.317 e. The topological polar surface area (TPSA) is 43.4 Å². The molecular formula is C12H18O3. The molecule has 0 aromatic heterocycles. The van der Waals surface area contributed by atoms with Crippen molar-refractivity contribution >= 4 is 11.9 Å². The molecule has 0 aromatic rings. The van der Waals surface area contributed by atoms with Crippen LogP contribution in [0.4, 0.5) is 0 Å². The van der Waals surface area contributed by atoms with Gasteiger partial charge in [0.2, 0.25) is 0 Å². The van der Waals surface area contributed by atoms with Crippen molar-refractivity contribution in [2.45, 2.75) is 39.5 Å². The van der Waals surface area contributed by atoms with Gasteiger partial charge in [-0.15, -0.1) is 0 Å². The normalized spacial score (nSPS) is 23.5. The van der Waals surface area contributed by atoms with Crippen LogP contribution in [0, 0.1) is 11.8 Å². The van der Waals surface area contributed by atoms with E-state index in [0.29, 0.717) is 0 Å². The van der Waals surface area contributed by atoms with Crippen LogP contribution in [0.3, 0.4) is 0 Å². The molecule has 1 rings (SSSR count). The van der Waals surface area contributed by atoms with E-state index in [1.807, 2.05) is 6.08 Å². The molecule has 0 bridgehead atoms. The lowest BCUT2D eigenvalue weighted by Gasteiger charge is -2.14. The largest absolute Gasteiger partial charge is 0.393 e. The second kappa shape index (κ2) is 5.69. The van der Waals surface area contributed by atoms with E-state index in [9.17, 15) is 9.59 Å². The van der Waals surface area contributed by atoms with E-state index < -0.39 is 0 Å². The Morgan fingerprint density at radius 1 is 1.47 bits per heavy atom. The zero-order valence-corrected chi connectivity index (χ0v) is 9.36. The van der Waals surface area contributed by atoms with Gasteiger partial charge in [0, 0.05) is 0 Å². The molecule has 3 nitrogen and oxygen atoms in total. The van der Waals surface area contributed by atoms with E-state index in [1.165, 1.54) is 0 Å². The fourth-order valence-corrected chi connectivity index (χ4v) is 1.89. The summed E-state index contributed by atoms with van der Waals surface area (Å²) >= 11 is 0. The van der Waals surface area contributed by atoms with Crippen LogP contribution in [0.25, 0.3) is 0 Å². The van der Waals surface area contributed by atoms with Gasteiger partial charge in [-0.2, -0.15) is 0 Å². The van der Waals surface area contributed by atoms with E-state index in [1.54, 1.807) is 0 Å². The van der Waals surface area contributed by atoms with Crippen LogP contribution in [0.15, 0.2) is 12.2 Å². The number of rotatable bonds is 5. The number of carbonyl (C=O) groups is 2. The molecule has 1 fully saturated rings. The van der Waals surface area contributed by atoms with E-state index >= 15 is 0 Å². The number of carbonyl (C=O) groups excluding carboxylic acids is 2. The van der Waals surface area contributed by atoms with Crippen LogP contribution >= 0.6 is 0 Å². The van der Waals surface area contributed by atoms with Gasteiger partial charge in [-0.25, -0.2) is 0 Å². The first kappa shape index (κ1) is 12.0. The summed E-state index contributed by atoms with van der Waals surface area (Å²) in [6, 6.07) is 0. The second-order valence-electron chi connectivity index (χ2n) is 3.89. The minimum Gasteiger partial charge on any atom is -0.393 e. The molecule has 2 atom stereocenters. The fraction of sp³-hybridized carbons (Fsp3) is 0.667. The average Bonchev–Trinajstić information content (AvgIpc) is 2.52. The Labute approximate surface area is 90.5 Å². The first-order chi connectivity index (χ1) is 7.19. The Kier molecular flexibility index (Phi) is 4.53. The van der Waals surface area contributed by atoms with Crippen molar-refractivity contribution in [1.29, 1.82) is 0 Å². The number of cyclic esters (lactones) is 2. The monoisotopic (exact) mass is 210 g/mol. The van der Waals surface area contributed by atoms with E-state index in [-0.39, 0.29) is 30.2 Å². The minimum atomic E-state index is -0.379. The molecule has 84 valence electrons. The van der Waals surface area contributed by atoms with Gasteiger partial charge in [0.25, 0.3) is 0 Å². The molecule has 1 saturated heterocycles. The standard InChI is InChI=1S/C12H18O3/c1-3-5-7-9(6-4-2)10-8-11(13)15-12(10)14/h5,7,9-10H,3-4,6,8H2,1-2H3. The summed E-state index contributed by atoms with van der Waals surface area (Å²) in [5.41, 5.74) is 0. The van der Waals surface area contributed by atoms with Gasteiger partial charge >= 0.3 is 11.9 Å². The first-order valence-electron chi connectivity index (χ1n) is 5.60. The molecule has 15 heavy (non-hydrogen) atoms. The summed E-state index contributed by atoms with van der Waals surface area (Å²) in [5.74, 6) is -0.815. The quantitative estimate of drug-likeness (QED) is 0.397. The lowest BCUT2D eigenvalue weighted by Crippen LogP contribution is -2.17. The molecule has 0 aliphatic carbocycles. The van der Waals surface area contributed by atoms with Crippen molar-refractivity contribution in [1.82, 2.24) is 0 Å². The Morgan fingerprint density at radius 3 is 2.67 bits per heavy atom. The molecule has 1 heterocycles. The molecule has 2 unspecified atom stereocenters. The molecule has 0 N–H and O–H groups in total. The summed E-state index contributed by atoms with van der Waals surface area (Å²) in [4.78, 5) is 22.4. The fourth-order valence-electron chi connectivity index (χ4n) is 1.89. The SMILES string of the molecule is CCC=CC(CCC)C1CC(=O)OC1=O. The van der Waals surface area contributed by atoms with E-state index in [4.69, 9.17) is 0 Å². The maximum Gasteiger partial charge on any atom is 0.317 e. The predicted octanol–water partition coefficient (Wildman–Crippen LogP) is 2.46. The third kappa shape index (κ3) is 3.18. The van der Waals surface area contributed by atoms with Gasteiger partial charge in [-0.1, -0.05) is 32.4 Å². The zero-order chi connectivity index (χ0) is 11.3. The van der Waals surface area contributed by atoms with Gasteiger partial charge in [0.05, 0.1) is 12.3 Å². The Balaban J connectivity index is 2.66. The van der Waals surface area contributed by atoms with Gasteiger partial charge in [-0.05, 0) is 18.8 Å². The number of hydrogen-bond donors (Lipinski definition) is 0. The number of allylic oxidation sites excluding steroid dienone is 2. The van der Waals surface area contributed by atoms with Gasteiger partial charge in [0.15, 0.2) is 0 Å². The Bertz CT molecular complexity index is 268. The lowest BCUT2D eigenvalue weighted by atomic mass is 9.87. The van der Waals surface area contributed by atoms with Crippen molar-refractivity contribution in [2.75, 3.05) is 0 Å². The molecule has 1 aliphatic rings. The molecule has 1 aliphatic heterocycles. The lowest BCUT2D eigenvalue weighted by molar-refractivity contribution is -0.153. The summed E-state index contributed by atoms with van der Waals surface area (Å²) in [5, 5.41) is 0. The summed E-state index contributed by atoms with van der Waals surface area (Å²) in [6.45, 7) is 4.13. The highest BCUT2D eigenvalue weighted by Crippen LogP contribution is 2.28. The number of esters is 2. The van der Waals surface area contributed by atoms with E-state index in [2.05, 4.69) is 24.7 Å². The molecule has 0 aromatic carbocycles. The van der Waals surface area contributed by atoms with Crippen molar-refractivity contribution in [3.05, 3.63) is 12.2 Å². The zero-order valence-electron chi connectivity index (χ0n) is 9.36. The van der Waals surface area contributed by atoms with Crippen LogP contribution in [-0.4, -0.2) is 11.9 Å². The van der Waals surface area contributed by atoms with Crippen molar-refractivity contribution in [3.8, 4) is 0 Å². The average molecular weight is 210 g/mol. The summed E-state index contributed by atoms with van der Waals surface area (Å²) in [6.07, 6.45) is 7.25. The van der Waals surface area contributed by atoms with Crippen molar-refractivity contribution < 1.29 is 14.3 Å². The Morgan fingerprint density at radius 2 is 2.20 bits per heavy atom. The van der Waals surface area contributed by atoms with Crippen LogP contribution in [0.1, 0.15) is 39.5 Å². The van der Waals surface area contributed by atoms with Crippen molar-refractivity contribution in [3.63, 3.8) is 0 Å². The molecule has 0 spiro atoms. The molecule has 3 heteroatoms. The number of ether oxygens (including phenoxy) is 1. The van der Waals surface area contributed by atoms with Gasteiger partial charge < -0.3 is 4.74 Å².